The van der Waals surface area contributed by atoms with Crippen molar-refractivity contribution < 1.29 is 9.13 Å². The highest BCUT2D eigenvalue weighted by Gasteiger charge is 2.15. The maximum Gasteiger partial charge on any atom is 0.138 e. The SMILES string of the molecule is Fc1ccc([C@H](CCCl)Oc2ccc(Cl)cc2Cl)cc1. The van der Waals surface area contributed by atoms with Crippen LogP contribution in [0.5, 0.6) is 5.75 Å². The number of ether oxygens (including phenoxy) is 1. The monoisotopic (exact) mass is 332 g/mol. The van der Waals surface area contributed by atoms with E-state index in [9.17, 15) is 4.39 Å². The number of hydrogen-bond acceptors (Lipinski definition) is 1. The van der Waals surface area contributed by atoms with Crippen LogP contribution < -0.4 is 4.74 Å². The first kappa shape index (κ1) is 15.4. The Morgan fingerprint density at radius 2 is 1.75 bits per heavy atom. The molecule has 0 aromatic heterocycles. The molecule has 0 bridgehead atoms. The highest BCUT2D eigenvalue weighted by atomic mass is 35.5. The maximum atomic E-state index is 13.0. The second-order valence-electron chi connectivity index (χ2n) is 4.21. The summed E-state index contributed by atoms with van der Waals surface area (Å²) in [5, 5.41) is 0.970. The molecule has 0 spiro atoms. The lowest BCUT2D eigenvalue weighted by atomic mass is 10.1. The van der Waals surface area contributed by atoms with E-state index < -0.39 is 0 Å². The standard InChI is InChI=1S/C15H12Cl3FO/c16-8-7-14(10-1-4-12(19)5-2-10)20-15-6-3-11(17)9-13(15)18/h1-6,9,14H,7-8H2/t14-/m0/s1. The summed E-state index contributed by atoms with van der Waals surface area (Å²) in [4.78, 5) is 0. The first-order valence-electron chi connectivity index (χ1n) is 6.03. The first-order chi connectivity index (χ1) is 9.60. The van der Waals surface area contributed by atoms with Gasteiger partial charge in [-0.2, -0.15) is 0 Å². The highest BCUT2D eigenvalue weighted by Crippen LogP contribution is 2.32. The van der Waals surface area contributed by atoms with E-state index in [1.165, 1.54) is 12.1 Å². The van der Waals surface area contributed by atoms with Gasteiger partial charge in [0, 0.05) is 17.3 Å². The summed E-state index contributed by atoms with van der Waals surface area (Å²) in [7, 11) is 0. The summed E-state index contributed by atoms with van der Waals surface area (Å²) in [5.41, 5.74) is 0.845. The summed E-state index contributed by atoms with van der Waals surface area (Å²) in [5.74, 6) is 0.658. The molecule has 1 atom stereocenters. The third kappa shape index (κ3) is 4.02. The van der Waals surface area contributed by atoms with Crippen LogP contribution in [-0.2, 0) is 0 Å². The van der Waals surface area contributed by atoms with Crippen molar-refractivity contribution in [2.24, 2.45) is 0 Å². The molecule has 0 saturated carbocycles. The van der Waals surface area contributed by atoms with E-state index >= 15 is 0 Å². The van der Waals surface area contributed by atoms with Gasteiger partial charge in [-0.15, -0.1) is 11.6 Å². The molecule has 20 heavy (non-hydrogen) atoms. The second kappa shape index (κ2) is 7.16. The molecule has 5 heteroatoms. The Kier molecular flexibility index (Phi) is 5.53. The second-order valence-corrected chi connectivity index (χ2v) is 5.43. The van der Waals surface area contributed by atoms with Crippen molar-refractivity contribution in [2.75, 3.05) is 5.88 Å². The van der Waals surface area contributed by atoms with E-state index in [1.54, 1.807) is 30.3 Å². The number of halogens is 4. The number of alkyl halides is 1. The fraction of sp³-hybridized carbons (Fsp3) is 0.200. The Morgan fingerprint density at radius 1 is 1.05 bits per heavy atom. The summed E-state index contributed by atoms with van der Waals surface area (Å²) >= 11 is 17.7. The summed E-state index contributed by atoms with van der Waals surface area (Å²) in [6, 6.07) is 11.2. The molecule has 2 aromatic rings. The van der Waals surface area contributed by atoms with E-state index in [4.69, 9.17) is 39.5 Å². The van der Waals surface area contributed by atoms with Crippen LogP contribution >= 0.6 is 34.8 Å². The van der Waals surface area contributed by atoms with Crippen LogP contribution in [0.3, 0.4) is 0 Å². The van der Waals surface area contributed by atoms with Crippen LogP contribution in [0.2, 0.25) is 10.0 Å². The zero-order chi connectivity index (χ0) is 14.5. The summed E-state index contributed by atoms with van der Waals surface area (Å²) in [6.07, 6.45) is 0.304. The third-order valence-electron chi connectivity index (χ3n) is 2.78. The van der Waals surface area contributed by atoms with Crippen LogP contribution in [0, 0.1) is 5.82 Å². The van der Waals surface area contributed by atoms with Gasteiger partial charge in [0.05, 0.1) is 5.02 Å². The third-order valence-corrected chi connectivity index (χ3v) is 3.52. The average Bonchev–Trinajstić information content (AvgIpc) is 2.42. The minimum absolute atomic E-state index is 0.285. The van der Waals surface area contributed by atoms with Crippen molar-refractivity contribution in [3.63, 3.8) is 0 Å². The van der Waals surface area contributed by atoms with E-state index in [0.717, 1.165) is 5.56 Å². The molecule has 0 amide bonds. The molecule has 2 rings (SSSR count). The molecular formula is C15H12Cl3FO. The molecule has 0 saturated heterocycles. The fourth-order valence-corrected chi connectivity index (χ4v) is 2.45. The van der Waals surface area contributed by atoms with Crippen molar-refractivity contribution in [2.45, 2.75) is 12.5 Å². The zero-order valence-electron chi connectivity index (χ0n) is 10.5. The van der Waals surface area contributed by atoms with Crippen molar-refractivity contribution in [1.82, 2.24) is 0 Å². The molecule has 0 radical (unpaired) electrons. The van der Waals surface area contributed by atoms with Gasteiger partial charge in [0.15, 0.2) is 0 Å². The van der Waals surface area contributed by atoms with Crippen LogP contribution in [0.1, 0.15) is 18.1 Å². The lowest BCUT2D eigenvalue weighted by molar-refractivity contribution is 0.202. The molecule has 0 unspecified atom stereocenters. The predicted molar refractivity (Wildman–Crippen MR) is 81.6 cm³/mol. The average molecular weight is 334 g/mol. The fourth-order valence-electron chi connectivity index (χ4n) is 1.79. The molecular weight excluding hydrogens is 322 g/mol. The molecule has 0 aliphatic carbocycles. The molecule has 0 fully saturated rings. The molecule has 0 heterocycles. The van der Waals surface area contributed by atoms with Crippen LogP contribution in [0.25, 0.3) is 0 Å². The van der Waals surface area contributed by atoms with Gasteiger partial charge in [-0.3, -0.25) is 0 Å². The van der Waals surface area contributed by atoms with Crippen molar-refractivity contribution >= 4 is 34.8 Å². The lowest BCUT2D eigenvalue weighted by Crippen LogP contribution is -2.08. The minimum Gasteiger partial charge on any atom is -0.484 e. The lowest BCUT2D eigenvalue weighted by Gasteiger charge is -2.19. The number of benzene rings is 2. The molecule has 0 aliphatic heterocycles. The van der Waals surface area contributed by atoms with Gasteiger partial charge < -0.3 is 4.74 Å². The van der Waals surface area contributed by atoms with Crippen LogP contribution in [0.15, 0.2) is 42.5 Å². The van der Waals surface area contributed by atoms with Crippen molar-refractivity contribution in [1.29, 1.82) is 0 Å². The van der Waals surface area contributed by atoms with Gasteiger partial charge in [-0.05, 0) is 35.9 Å². The summed E-state index contributed by atoms with van der Waals surface area (Å²) in [6.45, 7) is 0. The van der Waals surface area contributed by atoms with E-state index in [-0.39, 0.29) is 11.9 Å². The smallest absolute Gasteiger partial charge is 0.138 e. The largest absolute Gasteiger partial charge is 0.484 e. The molecule has 1 nitrogen and oxygen atoms in total. The first-order valence-corrected chi connectivity index (χ1v) is 7.32. The van der Waals surface area contributed by atoms with Crippen molar-refractivity contribution in [3.05, 3.63) is 63.9 Å². The highest BCUT2D eigenvalue weighted by molar-refractivity contribution is 6.35. The van der Waals surface area contributed by atoms with Crippen LogP contribution in [-0.4, -0.2) is 5.88 Å². The minimum atomic E-state index is -0.289. The zero-order valence-corrected chi connectivity index (χ0v) is 12.7. The van der Waals surface area contributed by atoms with Gasteiger partial charge >= 0.3 is 0 Å². The Hall–Kier alpha value is -0.960. The van der Waals surface area contributed by atoms with E-state index in [0.29, 0.717) is 28.1 Å². The predicted octanol–water partition coefficient (Wildman–Crippen LogP) is 5.88. The molecule has 0 N–H and O–H groups in total. The molecule has 0 aliphatic rings. The van der Waals surface area contributed by atoms with Gasteiger partial charge in [-0.25, -0.2) is 4.39 Å². The Morgan fingerprint density at radius 3 is 2.35 bits per heavy atom. The summed E-state index contributed by atoms with van der Waals surface area (Å²) < 4.78 is 18.8. The van der Waals surface area contributed by atoms with Gasteiger partial charge in [0.25, 0.3) is 0 Å². The van der Waals surface area contributed by atoms with Gasteiger partial charge in [-0.1, -0.05) is 35.3 Å². The topological polar surface area (TPSA) is 9.23 Å². The Balaban J connectivity index is 2.22. The Bertz CT molecular complexity index is 572. The van der Waals surface area contributed by atoms with Crippen molar-refractivity contribution in [3.8, 4) is 5.75 Å². The molecule has 106 valence electrons. The van der Waals surface area contributed by atoms with Gasteiger partial charge in [0.1, 0.15) is 17.7 Å². The van der Waals surface area contributed by atoms with E-state index in [1.807, 2.05) is 0 Å². The van der Waals surface area contributed by atoms with E-state index in [2.05, 4.69) is 0 Å². The normalized spacial score (nSPS) is 12.2. The van der Waals surface area contributed by atoms with Crippen LogP contribution in [0.4, 0.5) is 4.39 Å². The molecule has 2 aromatic carbocycles. The number of rotatable bonds is 5. The number of hydrogen-bond donors (Lipinski definition) is 0. The maximum absolute atomic E-state index is 13.0. The Labute approximate surface area is 132 Å². The quantitative estimate of drug-likeness (QED) is 0.621. The van der Waals surface area contributed by atoms with Gasteiger partial charge in [0.2, 0.25) is 0 Å².